The molecule has 4 heteroatoms. The minimum Gasteiger partial charge on any atom is -0.496 e. The predicted octanol–water partition coefficient (Wildman–Crippen LogP) is 3.45. The predicted molar refractivity (Wildman–Crippen MR) is 78.8 cm³/mol. The molecule has 19 heavy (non-hydrogen) atoms. The van der Waals surface area contributed by atoms with E-state index >= 15 is 0 Å². The summed E-state index contributed by atoms with van der Waals surface area (Å²) in [6.45, 7) is 7.62. The highest BCUT2D eigenvalue weighted by Gasteiger charge is 2.28. The lowest BCUT2D eigenvalue weighted by atomic mass is 9.94. The van der Waals surface area contributed by atoms with Gasteiger partial charge in [0.1, 0.15) is 5.75 Å². The first kappa shape index (κ1) is 15.8. The average molecular weight is 284 g/mol. The maximum absolute atomic E-state index is 12.1. The summed E-state index contributed by atoms with van der Waals surface area (Å²) in [5, 5.41) is 2.99. The molecular formula is C15H22ClNO2. The molecule has 1 aromatic carbocycles. The fraction of sp³-hybridized carbons (Fsp3) is 0.533. The molecule has 0 aliphatic rings. The van der Waals surface area contributed by atoms with Gasteiger partial charge in [-0.25, -0.2) is 0 Å². The number of rotatable bonds is 5. The monoisotopic (exact) mass is 283 g/mol. The summed E-state index contributed by atoms with van der Waals surface area (Å²) in [6.07, 6.45) is 0. The molecule has 0 fully saturated rings. The van der Waals surface area contributed by atoms with Gasteiger partial charge >= 0.3 is 0 Å². The molecule has 1 amide bonds. The largest absolute Gasteiger partial charge is 0.496 e. The van der Waals surface area contributed by atoms with Crippen molar-refractivity contribution in [2.75, 3.05) is 13.0 Å². The van der Waals surface area contributed by atoms with E-state index < -0.39 is 5.41 Å². The molecule has 0 saturated carbocycles. The van der Waals surface area contributed by atoms with E-state index in [1.54, 1.807) is 7.11 Å². The zero-order valence-corrected chi connectivity index (χ0v) is 13.0. The number of hydrogen-bond acceptors (Lipinski definition) is 2. The van der Waals surface area contributed by atoms with Crippen molar-refractivity contribution in [3.8, 4) is 5.75 Å². The second-order valence-corrected chi connectivity index (χ2v) is 5.73. The molecule has 0 aromatic heterocycles. The van der Waals surface area contributed by atoms with Crippen LogP contribution in [0.25, 0.3) is 0 Å². The standard InChI is InChI=1S/C15H22ClNO2/c1-10-6-7-13(19-5)12(8-10)11(2)17-14(18)15(3,4)9-16/h6-8,11H,9H2,1-5H3,(H,17,18). The van der Waals surface area contributed by atoms with Crippen LogP contribution in [0.15, 0.2) is 18.2 Å². The van der Waals surface area contributed by atoms with Crippen LogP contribution >= 0.6 is 11.6 Å². The number of hydrogen-bond donors (Lipinski definition) is 1. The van der Waals surface area contributed by atoms with Crippen molar-refractivity contribution in [3.63, 3.8) is 0 Å². The first-order chi connectivity index (χ1) is 8.81. The Kier molecular flexibility index (Phi) is 5.24. The molecule has 3 nitrogen and oxygen atoms in total. The maximum Gasteiger partial charge on any atom is 0.227 e. The number of amides is 1. The lowest BCUT2D eigenvalue weighted by molar-refractivity contribution is -0.129. The van der Waals surface area contributed by atoms with Crippen LogP contribution in [0, 0.1) is 12.3 Å². The zero-order chi connectivity index (χ0) is 14.6. The highest BCUT2D eigenvalue weighted by molar-refractivity contribution is 6.19. The van der Waals surface area contributed by atoms with Gasteiger partial charge in [-0.2, -0.15) is 0 Å². The smallest absolute Gasteiger partial charge is 0.227 e. The number of alkyl halides is 1. The SMILES string of the molecule is COc1ccc(C)cc1C(C)NC(=O)C(C)(C)CCl. The Balaban J connectivity index is 2.92. The summed E-state index contributed by atoms with van der Waals surface area (Å²) in [6, 6.07) is 5.81. The third kappa shape index (κ3) is 3.87. The first-order valence-electron chi connectivity index (χ1n) is 6.33. The van der Waals surface area contributed by atoms with Crippen molar-refractivity contribution >= 4 is 17.5 Å². The molecule has 106 valence electrons. The number of carbonyl (C=O) groups is 1. The number of nitrogens with one attached hydrogen (secondary N) is 1. The molecule has 1 rings (SSSR count). The number of methoxy groups -OCH3 is 1. The maximum atomic E-state index is 12.1. The highest BCUT2D eigenvalue weighted by Crippen LogP contribution is 2.27. The quantitative estimate of drug-likeness (QED) is 0.841. The van der Waals surface area contributed by atoms with E-state index in [0.717, 1.165) is 16.9 Å². The van der Waals surface area contributed by atoms with Crippen molar-refractivity contribution in [1.29, 1.82) is 0 Å². The van der Waals surface area contributed by atoms with Gasteiger partial charge in [-0.3, -0.25) is 4.79 Å². The van der Waals surface area contributed by atoms with E-state index in [1.807, 2.05) is 45.9 Å². The number of carbonyl (C=O) groups excluding carboxylic acids is 1. The number of halogens is 1. The van der Waals surface area contributed by atoms with Gasteiger partial charge in [0, 0.05) is 11.4 Å². The van der Waals surface area contributed by atoms with Crippen LogP contribution in [0.4, 0.5) is 0 Å². The van der Waals surface area contributed by atoms with E-state index in [0.29, 0.717) is 0 Å². The summed E-state index contributed by atoms with van der Waals surface area (Å²) in [7, 11) is 1.63. The molecule has 0 bridgehead atoms. The molecule has 0 saturated heterocycles. The van der Waals surface area contributed by atoms with Gasteiger partial charge in [-0.15, -0.1) is 11.6 Å². The zero-order valence-electron chi connectivity index (χ0n) is 12.2. The Labute approximate surface area is 120 Å². The van der Waals surface area contributed by atoms with Crippen LogP contribution in [0.3, 0.4) is 0 Å². The molecule has 0 heterocycles. The summed E-state index contributed by atoms with van der Waals surface area (Å²) in [5.74, 6) is 1.01. The lowest BCUT2D eigenvalue weighted by Crippen LogP contribution is -2.39. The summed E-state index contributed by atoms with van der Waals surface area (Å²) in [5.41, 5.74) is 1.53. The highest BCUT2D eigenvalue weighted by atomic mass is 35.5. The Morgan fingerprint density at radius 3 is 2.63 bits per heavy atom. The Morgan fingerprint density at radius 2 is 2.11 bits per heavy atom. The number of benzene rings is 1. The third-order valence-corrected chi connectivity index (χ3v) is 3.82. The number of ether oxygens (including phenoxy) is 1. The van der Waals surface area contributed by atoms with Crippen LogP contribution in [0.5, 0.6) is 5.75 Å². The van der Waals surface area contributed by atoms with Crippen molar-refractivity contribution in [3.05, 3.63) is 29.3 Å². The second kappa shape index (κ2) is 6.29. The van der Waals surface area contributed by atoms with Crippen LogP contribution in [-0.2, 0) is 4.79 Å². The fourth-order valence-corrected chi connectivity index (χ4v) is 1.84. The summed E-state index contributed by atoms with van der Waals surface area (Å²) in [4.78, 5) is 12.1. The number of aryl methyl sites for hydroxylation is 1. The lowest BCUT2D eigenvalue weighted by Gasteiger charge is -2.25. The molecule has 0 aliphatic heterocycles. The molecule has 0 aliphatic carbocycles. The van der Waals surface area contributed by atoms with Crippen LogP contribution in [-0.4, -0.2) is 18.9 Å². The van der Waals surface area contributed by atoms with Gasteiger partial charge in [0.25, 0.3) is 0 Å². The molecule has 1 unspecified atom stereocenters. The van der Waals surface area contributed by atoms with Crippen LogP contribution in [0.2, 0.25) is 0 Å². The Morgan fingerprint density at radius 1 is 1.47 bits per heavy atom. The first-order valence-corrected chi connectivity index (χ1v) is 6.86. The Bertz CT molecular complexity index is 457. The van der Waals surface area contributed by atoms with Crippen molar-refractivity contribution in [1.82, 2.24) is 5.32 Å². The van der Waals surface area contributed by atoms with Crippen molar-refractivity contribution in [2.24, 2.45) is 5.41 Å². The summed E-state index contributed by atoms with van der Waals surface area (Å²) >= 11 is 5.82. The minimum absolute atomic E-state index is 0.0569. The van der Waals surface area contributed by atoms with Crippen LogP contribution < -0.4 is 10.1 Å². The van der Waals surface area contributed by atoms with Gasteiger partial charge < -0.3 is 10.1 Å². The Hall–Kier alpha value is -1.22. The molecule has 0 spiro atoms. The van der Waals surface area contributed by atoms with E-state index in [4.69, 9.17) is 16.3 Å². The van der Waals surface area contributed by atoms with Crippen LogP contribution in [0.1, 0.15) is 37.9 Å². The van der Waals surface area contributed by atoms with Gasteiger partial charge in [0.15, 0.2) is 0 Å². The van der Waals surface area contributed by atoms with Crippen molar-refractivity contribution < 1.29 is 9.53 Å². The van der Waals surface area contributed by atoms with Crippen molar-refractivity contribution in [2.45, 2.75) is 33.7 Å². The minimum atomic E-state index is -0.577. The van der Waals surface area contributed by atoms with E-state index in [2.05, 4.69) is 5.32 Å². The average Bonchev–Trinajstić information content (AvgIpc) is 2.38. The molecule has 1 aromatic rings. The molecule has 0 radical (unpaired) electrons. The topological polar surface area (TPSA) is 38.3 Å². The van der Waals surface area contributed by atoms with E-state index in [1.165, 1.54) is 0 Å². The normalized spacial score (nSPS) is 12.9. The van der Waals surface area contributed by atoms with E-state index in [-0.39, 0.29) is 17.8 Å². The van der Waals surface area contributed by atoms with Gasteiger partial charge in [0.05, 0.1) is 18.6 Å². The molecule has 1 atom stereocenters. The van der Waals surface area contributed by atoms with E-state index in [9.17, 15) is 4.79 Å². The van der Waals surface area contributed by atoms with Gasteiger partial charge in [-0.05, 0) is 33.8 Å². The summed E-state index contributed by atoms with van der Waals surface area (Å²) < 4.78 is 5.34. The van der Waals surface area contributed by atoms with Gasteiger partial charge in [0.2, 0.25) is 5.91 Å². The fourth-order valence-electron chi connectivity index (χ4n) is 1.72. The molecular weight excluding hydrogens is 262 g/mol. The van der Waals surface area contributed by atoms with Gasteiger partial charge in [-0.1, -0.05) is 17.7 Å². The molecule has 1 N–H and O–H groups in total. The second-order valence-electron chi connectivity index (χ2n) is 5.46. The third-order valence-electron chi connectivity index (χ3n) is 3.15.